The molecule has 5 nitrogen and oxygen atoms in total. The molecule has 2 N–H and O–H groups in total. The molecule has 1 rings (SSSR count). The zero-order valence-corrected chi connectivity index (χ0v) is 11.2. The van der Waals surface area contributed by atoms with Crippen LogP contribution in [0.4, 0.5) is 4.79 Å². The molecule has 1 aromatic rings. The molecule has 0 aromatic heterocycles. The Morgan fingerprint density at radius 1 is 1.32 bits per heavy atom. The Balaban J connectivity index is 2.30. The summed E-state index contributed by atoms with van der Waals surface area (Å²) in [5.74, 6) is -0.473. The van der Waals surface area contributed by atoms with Gasteiger partial charge in [-0.05, 0) is 30.7 Å². The Kier molecular flexibility index (Phi) is 6.46. The third-order valence-corrected chi connectivity index (χ3v) is 2.31. The first-order chi connectivity index (χ1) is 9.11. The van der Waals surface area contributed by atoms with E-state index in [1.165, 1.54) is 6.20 Å². The van der Waals surface area contributed by atoms with Crippen LogP contribution in [0.3, 0.4) is 0 Å². The van der Waals surface area contributed by atoms with Crippen LogP contribution in [-0.4, -0.2) is 25.2 Å². The van der Waals surface area contributed by atoms with Crippen LogP contribution >= 0.6 is 11.6 Å². The van der Waals surface area contributed by atoms with Crippen molar-refractivity contribution >= 4 is 29.7 Å². The van der Waals surface area contributed by atoms with Crippen molar-refractivity contribution in [2.24, 2.45) is 0 Å². The molecular formula is C13H15ClN2O3. The molecular weight excluding hydrogens is 268 g/mol. The lowest BCUT2D eigenvalue weighted by Crippen LogP contribution is -2.36. The lowest BCUT2D eigenvalue weighted by Gasteiger charge is -2.04. The lowest BCUT2D eigenvalue weighted by molar-refractivity contribution is -0.141. The standard InChI is InChI=1S/C13H15ClN2O3/c1-2-19-12(17)9-16-13(18)15-8-7-10-3-5-11(14)6-4-10/h3-8H,2,9H2,1H3,(H2,15,16,18)/b8-7+. The summed E-state index contributed by atoms with van der Waals surface area (Å²) in [6, 6.07) is 6.66. The molecule has 0 aliphatic rings. The smallest absolute Gasteiger partial charge is 0.325 e. The molecule has 0 unspecified atom stereocenters. The van der Waals surface area contributed by atoms with Crippen molar-refractivity contribution in [3.05, 3.63) is 41.1 Å². The van der Waals surface area contributed by atoms with Crippen molar-refractivity contribution in [3.8, 4) is 0 Å². The Labute approximate surface area is 116 Å². The van der Waals surface area contributed by atoms with Crippen molar-refractivity contribution in [2.75, 3.05) is 13.2 Å². The summed E-state index contributed by atoms with van der Waals surface area (Å²) < 4.78 is 4.67. The van der Waals surface area contributed by atoms with Crippen LogP contribution in [0.25, 0.3) is 6.08 Å². The summed E-state index contributed by atoms with van der Waals surface area (Å²) in [6.07, 6.45) is 3.18. The average Bonchev–Trinajstić information content (AvgIpc) is 2.39. The van der Waals surface area contributed by atoms with Gasteiger partial charge >= 0.3 is 12.0 Å². The molecule has 0 spiro atoms. The summed E-state index contributed by atoms with van der Waals surface area (Å²) >= 11 is 5.75. The minimum absolute atomic E-state index is 0.158. The van der Waals surface area contributed by atoms with E-state index in [4.69, 9.17) is 11.6 Å². The highest BCUT2D eigenvalue weighted by Crippen LogP contribution is 2.10. The highest BCUT2D eigenvalue weighted by molar-refractivity contribution is 6.30. The molecule has 0 aliphatic carbocycles. The molecule has 0 saturated carbocycles. The second kappa shape index (κ2) is 8.16. The van der Waals surface area contributed by atoms with Gasteiger partial charge < -0.3 is 15.4 Å². The van der Waals surface area contributed by atoms with Crippen molar-refractivity contribution in [3.63, 3.8) is 0 Å². The molecule has 2 amide bonds. The molecule has 0 radical (unpaired) electrons. The van der Waals surface area contributed by atoms with Crippen molar-refractivity contribution in [1.82, 2.24) is 10.6 Å². The summed E-state index contributed by atoms with van der Waals surface area (Å²) in [7, 11) is 0. The van der Waals surface area contributed by atoms with Gasteiger partial charge in [-0.25, -0.2) is 4.79 Å². The third-order valence-electron chi connectivity index (χ3n) is 2.06. The monoisotopic (exact) mass is 282 g/mol. The Morgan fingerprint density at radius 2 is 2.00 bits per heavy atom. The number of carbonyl (C=O) groups excluding carboxylic acids is 2. The SMILES string of the molecule is CCOC(=O)CNC(=O)N/C=C/c1ccc(Cl)cc1. The summed E-state index contributed by atoms with van der Waals surface area (Å²) in [5, 5.41) is 5.49. The van der Waals surface area contributed by atoms with Crippen molar-refractivity contribution in [2.45, 2.75) is 6.92 Å². The predicted octanol–water partition coefficient (Wildman–Crippen LogP) is 2.17. The second-order valence-corrected chi connectivity index (χ2v) is 3.95. The van der Waals surface area contributed by atoms with Crippen molar-refractivity contribution < 1.29 is 14.3 Å². The van der Waals surface area contributed by atoms with Crippen LogP contribution in [0, 0.1) is 0 Å². The van der Waals surface area contributed by atoms with Gasteiger partial charge in [0.25, 0.3) is 0 Å². The van der Waals surface area contributed by atoms with E-state index in [0.717, 1.165) is 5.56 Å². The lowest BCUT2D eigenvalue weighted by atomic mass is 10.2. The minimum atomic E-state index is -0.474. The fourth-order valence-electron chi connectivity index (χ4n) is 1.20. The second-order valence-electron chi connectivity index (χ2n) is 3.52. The van der Waals surface area contributed by atoms with Crippen LogP contribution in [0.2, 0.25) is 5.02 Å². The minimum Gasteiger partial charge on any atom is -0.465 e. The number of amides is 2. The number of halogens is 1. The van der Waals surface area contributed by atoms with E-state index >= 15 is 0 Å². The molecule has 0 bridgehead atoms. The predicted molar refractivity (Wildman–Crippen MR) is 73.7 cm³/mol. The van der Waals surface area contributed by atoms with E-state index in [1.54, 1.807) is 25.1 Å². The van der Waals surface area contributed by atoms with E-state index in [2.05, 4.69) is 15.4 Å². The number of urea groups is 1. The van der Waals surface area contributed by atoms with Gasteiger partial charge in [0, 0.05) is 11.2 Å². The Hall–Kier alpha value is -2.01. The molecule has 0 atom stereocenters. The molecule has 0 aliphatic heterocycles. The molecule has 0 fully saturated rings. The third kappa shape index (κ3) is 6.47. The van der Waals surface area contributed by atoms with Gasteiger partial charge in [-0.2, -0.15) is 0 Å². The Bertz CT molecular complexity index is 457. The molecule has 1 aromatic carbocycles. The summed E-state index contributed by atoms with van der Waals surface area (Å²) in [4.78, 5) is 22.3. The van der Waals surface area contributed by atoms with Crippen LogP contribution in [0.5, 0.6) is 0 Å². The van der Waals surface area contributed by atoms with Gasteiger partial charge in [-0.15, -0.1) is 0 Å². The highest BCUT2D eigenvalue weighted by Gasteiger charge is 2.03. The number of hydrogen-bond acceptors (Lipinski definition) is 3. The maximum atomic E-state index is 11.3. The number of rotatable bonds is 5. The molecule has 6 heteroatoms. The molecule has 102 valence electrons. The fourth-order valence-corrected chi connectivity index (χ4v) is 1.33. The number of carbonyl (C=O) groups is 2. The molecule has 19 heavy (non-hydrogen) atoms. The number of hydrogen-bond donors (Lipinski definition) is 2. The maximum absolute atomic E-state index is 11.3. The maximum Gasteiger partial charge on any atom is 0.325 e. The van der Waals surface area contributed by atoms with Crippen LogP contribution in [0.15, 0.2) is 30.5 Å². The van der Waals surface area contributed by atoms with Gasteiger partial charge in [0.1, 0.15) is 6.54 Å². The van der Waals surface area contributed by atoms with Crippen molar-refractivity contribution in [1.29, 1.82) is 0 Å². The highest BCUT2D eigenvalue weighted by atomic mass is 35.5. The van der Waals surface area contributed by atoms with Gasteiger partial charge in [0.15, 0.2) is 0 Å². The topological polar surface area (TPSA) is 67.4 Å². The zero-order chi connectivity index (χ0) is 14.1. The van der Waals surface area contributed by atoms with Crippen LogP contribution < -0.4 is 10.6 Å². The number of esters is 1. The van der Waals surface area contributed by atoms with E-state index in [0.29, 0.717) is 11.6 Å². The number of ether oxygens (including phenoxy) is 1. The quantitative estimate of drug-likeness (QED) is 0.814. The summed E-state index contributed by atoms with van der Waals surface area (Å²) in [5.41, 5.74) is 0.898. The van der Waals surface area contributed by atoms with Crippen LogP contribution in [0.1, 0.15) is 12.5 Å². The fraction of sp³-hybridized carbons (Fsp3) is 0.231. The molecule has 0 saturated heterocycles. The largest absolute Gasteiger partial charge is 0.465 e. The van der Waals surface area contributed by atoms with E-state index < -0.39 is 12.0 Å². The zero-order valence-electron chi connectivity index (χ0n) is 10.5. The van der Waals surface area contributed by atoms with E-state index in [-0.39, 0.29) is 6.54 Å². The number of nitrogens with one attached hydrogen (secondary N) is 2. The van der Waals surface area contributed by atoms with E-state index in [1.807, 2.05) is 12.1 Å². The first-order valence-corrected chi connectivity index (χ1v) is 6.11. The first-order valence-electron chi connectivity index (χ1n) is 5.74. The van der Waals surface area contributed by atoms with E-state index in [9.17, 15) is 9.59 Å². The van der Waals surface area contributed by atoms with Gasteiger partial charge in [-0.1, -0.05) is 23.7 Å². The first kappa shape index (κ1) is 15.0. The summed E-state index contributed by atoms with van der Waals surface area (Å²) in [6.45, 7) is 1.83. The Morgan fingerprint density at radius 3 is 2.63 bits per heavy atom. The average molecular weight is 283 g/mol. The van der Waals surface area contributed by atoms with Gasteiger partial charge in [0.05, 0.1) is 6.61 Å². The normalized spacial score (nSPS) is 10.2. The van der Waals surface area contributed by atoms with Crippen LogP contribution in [-0.2, 0) is 9.53 Å². The van der Waals surface area contributed by atoms with Gasteiger partial charge in [0.2, 0.25) is 0 Å². The molecule has 0 heterocycles. The number of benzene rings is 1. The van der Waals surface area contributed by atoms with Gasteiger partial charge in [-0.3, -0.25) is 4.79 Å².